The molecule has 1 N–H and O–H groups in total. The molecule has 1 aliphatic rings. The van der Waals surface area contributed by atoms with Crippen molar-refractivity contribution in [2.45, 2.75) is 19.3 Å². The second-order valence-electron chi connectivity index (χ2n) is 5.62. The predicted octanol–water partition coefficient (Wildman–Crippen LogP) is 2.99. The number of carbonyl (C=O) groups excluding carboxylic acids is 1. The Kier molecular flexibility index (Phi) is 4.81. The Balaban J connectivity index is 1.47. The minimum absolute atomic E-state index is 0.124. The van der Waals surface area contributed by atoms with E-state index in [1.807, 2.05) is 12.1 Å². The molecule has 0 saturated carbocycles. The van der Waals surface area contributed by atoms with Crippen LogP contribution >= 0.6 is 0 Å². The zero-order chi connectivity index (χ0) is 16.1. The molecule has 0 heterocycles. The van der Waals surface area contributed by atoms with Crippen molar-refractivity contribution in [3.63, 3.8) is 0 Å². The lowest BCUT2D eigenvalue weighted by molar-refractivity contribution is 0.0946. The summed E-state index contributed by atoms with van der Waals surface area (Å²) in [5, 5.41) is 2.85. The first kappa shape index (κ1) is 15.4. The molecule has 1 amide bonds. The number of hydrogen-bond acceptors (Lipinski definition) is 3. The lowest BCUT2D eigenvalue weighted by Gasteiger charge is -2.09. The molecular weight excluding hydrogens is 290 g/mol. The maximum atomic E-state index is 12.1. The molecule has 4 nitrogen and oxygen atoms in total. The van der Waals surface area contributed by atoms with Crippen LogP contribution in [0.25, 0.3) is 0 Å². The number of nitrogens with one attached hydrogen (secondary N) is 1. The first-order chi connectivity index (χ1) is 11.3. The van der Waals surface area contributed by atoms with Crippen LogP contribution in [0.1, 0.15) is 27.9 Å². The van der Waals surface area contributed by atoms with Gasteiger partial charge in [-0.15, -0.1) is 0 Å². The number of hydrogen-bond donors (Lipinski definition) is 1. The van der Waals surface area contributed by atoms with Gasteiger partial charge in [0.15, 0.2) is 0 Å². The van der Waals surface area contributed by atoms with Crippen LogP contribution in [0.2, 0.25) is 0 Å². The molecule has 0 radical (unpaired) electrons. The fraction of sp³-hybridized carbons (Fsp3) is 0.316. The van der Waals surface area contributed by atoms with Crippen molar-refractivity contribution in [1.82, 2.24) is 5.32 Å². The highest BCUT2D eigenvalue weighted by atomic mass is 16.5. The van der Waals surface area contributed by atoms with Gasteiger partial charge in [-0.05, 0) is 60.7 Å². The van der Waals surface area contributed by atoms with Crippen molar-refractivity contribution in [3.05, 3.63) is 59.2 Å². The van der Waals surface area contributed by atoms with Gasteiger partial charge in [-0.2, -0.15) is 0 Å². The third-order valence-corrected chi connectivity index (χ3v) is 4.06. The van der Waals surface area contributed by atoms with Crippen molar-refractivity contribution in [3.8, 4) is 11.5 Å². The standard InChI is InChI=1S/C19H21NO3/c1-22-17-7-3-6-16(13-17)19(21)20-10-11-23-18-9-8-14-4-2-5-15(14)12-18/h3,6-9,12-13H,2,4-5,10-11H2,1H3,(H,20,21). The molecule has 0 aliphatic heterocycles. The van der Waals surface area contributed by atoms with E-state index in [1.165, 1.54) is 24.0 Å². The van der Waals surface area contributed by atoms with Crippen LogP contribution in [-0.4, -0.2) is 26.2 Å². The Labute approximate surface area is 136 Å². The average molecular weight is 311 g/mol. The number of carbonyl (C=O) groups is 1. The van der Waals surface area contributed by atoms with Crippen LogP contribution in [0, 0.1) is 0 Å². The van der Waals surface area contributed by atoms with Crippen molar-refractivity contribution in [2.24, 2.45) is 0 Å². The van der Waals surface area contributed by atoms with E-state index in [-0.39, 0.29) is 5.91 Å². The molecule has 1 aliphatic carbocycles. The topological polar surface area (TPSA) is 47.6 Å². The van der Waals surface area contributed by atoms with Crippen LogP contribution in [0.5, 0.6) is 11.5 Å². The van der Waals surface area contributed by atoms with Crippen LogP contribution in [0.15, 0.2) is 42.5 Å². The van der Waals surface area contributed by atoms with Gasteiger partial charge in [0.25, 0.3) is 5.91 Å². The van der Waals surface area contributed by atoms with Gasteiger partial charge < -0.3 is 14.8 Å². The molecule has 4 heteroatoms. The Morgan fingerprint density at radius 2 is 1.96 bits per heavy atom. The quantitative estimate of drug-likeness (QED) is 0.834. The molecule has 23 heavy (non-hydrogen) atoms. The predicted molar refractivity (Wildman–Crippen MR) is 89.3 cm³/mol. The largest absolute Gasteiger partial charge is 0.497 e. The molecule has 0 atom stereocenters. The summed E-state index contributed by atoms with van der Waals surface area (Å²) in [5.41, 5.74) is 3.41. The van der Waals surface area contributed by atoms with E-state index in [2.05, 4.69) is 17.4 Å². The molecule has 0 aromatic heterocycles. The molecule has 0 spiro atoms. The second kappa shape index (κ2) is 7.18. The molecule has 0 saturated heterocycles. The summed E-state index contributed by atoms with van der Waals surface area (Å²) in [6, 6.07) is 13.4. The fourth-order valence-corrected chi connectivity index (χ4v) is 2.84. The zero-order valence-corrected chi connectivity index (χ0v) is 13.3. The third-order valence-electron chi connectivity index (χ3n) is 4.06. The number of ether oxygens (including phenoxy) is 2. The Bertz CT molecular complexity index is 697. The van der Waals surface area contributed by atoms with Crippen LogP contribution in [-0.2, 0) is 12.8 Å². The summed E-state index contributed by atoms with van der Waals surface area (Å²) in [4.78, 5) is 12.1. The van der Waals surface area contributed by atoms with E-state index >= 15 is 0 Å². The number of benzene rings is 2. The van der Waals surface area contributed by atoms with E-state index in [4.69, 9.17) is 9.47 Å². The molecule has 2 aromatic rings. The summed E-state index contributed by atoms with van der Waals surface area (Å²) in [6.45, 7) is 0.918. The number of amides is 1. The lowest BCUT2D eigenvalue weighted by atomic mass is 10.1. The van der Waals surface area contributed by atoms with Crippen LogP contribution < -0.4 is 14.8 Å². The minimum Gasteiger partial charge on any atom is -0.497 e. The van der Waals surface area contributed by atoms with Gasteiger partial charge in [0.05, 0.1) is 13.7 Å². The van der Waals surface area contributed by atoms with E-state index < -0.39 is 0 Å². The molecule has 0 fully saturated rings. The fourth-order valence-electron chi connectivity index (χ4n) is 2.84. The van der Waals surface area contributed by atoms with E-state index in [0.717, 1.165) is 12.2 Å². The highest BCUT2D eigenvalue weighted by molar-refractivity contribution is 5.94. The minimum atomic E-state index is -0.124. The Morgan fingerprint density at radius 1 is 1.09 bits per heavy atom. The molecule has 120 valence electrons. The van der Waals surface area contributed by atoms with E-state index in [9.17, 15) is 4.79 Å². The third kappa shape index (κ3) is 3.83. The molecular formula is C19H21NO3. The maximum Gasteiger partial charge on any atom is 0.251 e. The molecule has 3 rings (SSSR count). The summed E-state index contributed by atoms with van der Waals surface area (Å²) in [6.07, 6.45) is 3.54. The van der Waals surface area contributed by atoms with E-state index in [1.54, 1.807) is 25.3 Å². The zero-order valence-electron chi connectivity index (χ0n) is 13.3. The SMILES string of the molecule is COc1cccc(C(=O)NCCOc2ccc3c(c2)CCC3)c1. The van der Waals surface area contributed by atoms with Gasteiger partial charge >= 0.3 is 0 Å². The smallest absolute Gasteiger partial charge is 0.251 e. The van der Waals surface area contributed by atoms with Gasteiger partial charge in [0.1, 0.15) is 18.1 Å². The normalized spacial score (nSPS) is 12.6. The second-order valence-corrected chi connectivity index (χ2v) is 5.62. The first-order valence-corrected chi connectivity index (χ1v) is 7.93. The summed E-state index contributed by atoms with van der Waals surface area (Å²) in [5.74, 6) is 1.43. The van der Waals surface area contributed by atoms with Gasteiger partial charge in [-0.1, -0.05) is 12.1 Å². The number of aryl methyl sites for hydroxylation is 2. The Morgan fingerprint density at radius 3 is 2.83 bits per heavy atom. The molecule has 0 bridgehead atoms. The van der Waals surface area contributed by atoms with Crippen LogP contribution in [0.4, 0.5) is 0 Å². The van der Waals surface area contributed by atoms with Gasteiger partial charge in [0.2, 0.25) is 0 Å². The van der Waals surface area contributed by atoms with Gasteiger partial charge in [0, 0.05) is 5.56 Å². The highest BCUT2D eigenvalue weighted by Crippen LogP contribution is 2.25. The lowest BCUT2D eigenvalue weighted by Crippen LogP contribution is -2.28. The Hall–Kier alpha value is -2.49. The van der Waals surface area contributed by atoms with Gasteiger partial charge in [-0.3, -0.25) is 4.79 Å². The summed E-state index contributed by atoms with van der Waals surface area (Å²) >= 11 is 0. The molecule has 0 unspecified atom stereocenters. The first-order valence-electron chi connectivity index (χ1n) is 7.93. The maximum absolute atomic E-state index is 12.1. The number of rotatable bonds is 6. The number of methoxy groups -OCH3 is 1. The molecule has 2 aromatic carbocycles. The summed E-state index contributed by atoms with van der Waals surface area (Å²) in [7, 11) is 1.58. The van der Waals surface area contributed by atoms with Crippen molar-refractivity contribution in [1.29, 1.82) is 0 Å². The number of fused-ring (bicyclic) bond motifs is 1. The van der Waals surface area contributed by atoms with Gasteiger partial charge in [-0.25, -0.2) is 0 Å². The van der Waals surface area contributed by atoms with Crippen molar-refractivity contribution >= 4 is 5.91 Å². The summed E-state index contributed by atoms with van der Waals surface area (Å²) < 4.78 is 10.8. The van der Waals surface area contributed by atoms with Crippen molar-refractivity contribution < 1.29 is 14.3 Å². The van der Waals surface area contributed by atoms with Crippen molar-refractivity contribution in [2.75, 3.05) is 20.3 Å². The average Bonchev–Trinajstić information content (AvgIpc) is 3.06. The highest BCUT2D eigenvalue weighted by Gasteiger charge is 2.11. The monoisotopic (exact) mass is 311 g/mol. The van der Waals surface area contributed by atoms with E-state index in [0.29, 0.717) is 24.5 Å². The van der Waals surface area contributed by atoms with Crippen LogP contribution in [0.3, 0.4) is 0 Å².